The lowest BCUT2D eigenvalue weighted by molar-refractivity contribution is -0.234. The van der Waals surface area contributed by atoms with E-state index in [1.165, 1.54) is 23.6 Å². The van der Waals surface area contributed by atoms with Crippen LogP contribution < -0.4 is 0 Å². The average Bonchev–Trinajstić information content (AvgIpc) is 3.24. The van der Waals surface area contributed by atoms with Crippen LogP contribution in [0.5, 0.6) is 0 Å². The fourth-order valence-electron chi connectivity index (χ4n) is 11.1. The number of benzene rings is 1. The van der Waals surface area contributed by atoms with Gasteiger partial charge in [-0.1, -0.05) is 69.2 Å². The Hall–Kier alpha value is -2.44. The van der Waals surface area contributed by atoms with Gasteiger partial charge in [-0.05, 0) is 129 Å². The average molecular weight is 621 g/mol. The van der Waals surface area contributed by atoms with Gasteiger partial charge in [0.15, 0.2) is 0 Å². The van der Waals surface area contributed by atoms with E-state index < -0.39 is 24.1 Å². The van der Waals surface area contributed by atoms with Gasteiger partial charge in [-0.3, -0.25) is 4.79 Å². The third-order valence-electron chi connectivity index (χ3n) is 13.6. The number of carboxylic acids is 1. The summed E-state index contributed by atoms with van der Waals surface area (Å²) >= 11 is 0. The van der Waals surface area contributed by atoms with Gasteiger partial charge in [-0.25, -0.2) is 4.79 Å². The first-order valence-corrected chi connectivity index (χ1v) is 17.3. The largest absolute Gasteiger partial charge is 0.478 e. The second-order valence-electron chi connectivity index (χ2n) is 15.9. The summed E-state index contributed by atoms with van der Waals surface area (Å²) in [6.07, 6.45) is 5.83. The van der Waals surface area contributed by atoms with Crippen molar-refractivity contribution in [2.45, 2.75) is 131 Å². The number of aliphatic hydroxyl groups is 2. The van der Waals surface area contributed by atoms with Crippen LogP contribution in [0.15, 0.2) is 52.6 Å². The second kappa shape index (κ2) is 12.6. The van der Waals surface area contributed by atoms with Crippen LogP contribution in [0.2, 0.25) is 0 Å². The minimum absolute atomic E-state index is 0.0285. The van der Waals surface area contributed by atoms with Gasteiger partial charge in [0.1, 0.15) is 6.10 Å². The number of rotatable bonds is 8. The number of carboxylic acid groups (broad SMARTS) is 1. The number of carbonyl (C=O) groups is 2. The van der Waals surface area contributed by atoms with Gasteiger partial charge in [0.2, 0.25) is 0 Å². The van der Waals surface area contributed by atoms with E-state index in [-0.39, 0.29) is 40.1 Å². The second-order valence-corrected chi connectivity index (χ2v) is 15.9. The summed E-state index contributed by atoms with van der Waals surface area (Å²) in [6, 6.07) is 10.4. The highest BCUT2D eigenvalue weighted by molar-refractivity contribution is 5.88. The fourth-order valence-corrected chi connectivity index (χ4v) is 11.1. The molecule has 10 atom stereocenters. The van der Waals surface area contributed by atoms with Crippen molar-refractivity contribution in [1.29, 1.82) is 0 Å². The molecule has 6 nitrogen and oxygen atoms in total. The molecule has 0 amide bonds. The zero-order valence-corrected chi connectivity index (χ0v) is 28.6. The zero-order chi connectivity index (χ0) is 32.9. The van der Waals surface area contributed by atoms with Gasteiger partial charge < -0.3 is 20.1 Å². The number of allylic oxidation sites excluding steroid dienone is 2. The lowest BCUT2D eigenvalue weighted by Gasteiger charge is -2.69. The summed E-state index contributed by atoms with van der Waals surface area (Å²) in [4.78, 5) is 25.6. The molecular formula is C39H56O6. The molecule has 0 bridgehead atoms. The van der Waals surface area contributed by atoms with Crippen LogP contribution in [0.3, 0.4) is 0 Å². The highest BCUT2D eigenvalue weighted by Gasteiger charge is 2.70. The van der Waals surface area contributed by atoms with Gasteiger partial charge in [-0.2, -0.15) is 0 Å². The number of hydrogen-bond acceptors (Lipinski definition) is 5. The lowest BCUT2D eigenvalue weighted by atomic mass is 9.36. The molecule has 1 aromatic carbocycles. The molecule has 0 heterocycles. The Morgan fingerprint density at radius 3 is 2.22 bits per heavy atom. The molecule has 1 unspecified atom stereocenters. The van der Waals surface area contributed by atoms with Crippen LogP contribution in [0.1, 0.15) is 112 Å². The molecule has 0 aliphatic heterocycles. The predicted molar refractivity (Wildman–Crippen MR) is 176 cm³/mol. The summed E-state index contributed by atoms with van der Waals surface area (Å²) in [7, 11) is 0. The Labute approximate surface area is 270 Å². The van der Waals surface area contributed by atoms with Crippen molar-refractivity contribution in [3.05, 3.63) is 58.2 Å². The van der Waals surface area contributed by atoms with Crippen LogP contribution in [-0.4, -0.2) is 45.6 Å². The van der Waals surface area contributed by atoms with Crippen molar-refractivity contribution in [2.75, 3.05) is 0 Å². The summed E-state index contributed by atoms with van der Waals surface area (Å²) in [5, 5.41) is 33.6. The summed E-state index contributed by atoms with van der Waals surface area (Å²) in [5.74, 6) is -0.983. The molecule has 45 heavy (non-hydrogen) atoms. The molecule has 0 spiro atoms. The molecule has 4 fully saturated rings. The van der Waals surface area contributed by atoms with E-state index in [0.29, 0.717) is 37.2 Å². The molecule has 4 aliphatic rings. The predicted octanol–water partition coefficient (Wildman–Crippen LogP) is 7.67. The molecule has 248 valence electrons. The molecule has 3 N–H and O–H groups in total. The number of aliphatic carboxylic acids is 1. The number of aliphatic hydroxyl groups excluding tert-OH is 2. The maximum absolute atomic E-state index is 13.1. The Morgan fingerprint density at radius 1 is 0.911 bits per heavy atom. The fraction of sp³-hybridized carbons (Fsp3) is 0.692. The molecule has 1 aromatic rings. The molecular weight excluding hydrogens is 564 g/mol. The molecule has 5 rings (SSSR count). The van der Waals surface area contributed by atoms with Crippen molar-refractivity contribution in [2.24, 2.45) is 39.9 Å². The standard InChI is InChI=1S/C39H56O6/c1-23(2)27(14-13-26-11-9-8-10-12-26)15-16-28(36(43)44)34-30-21-32(42)35-37(5)19-18-31(41)24(3)29(37)17-20-38(35,6)39(30,7)22-33(34)45-25(4)40/h8-12,24,29-33,35,41-42H,13-22H2,1-7H3,(H,43,44)/t24-,29?,30+,31+,32+,33-,35+,37-,38-,39-/m0/s1. The van der Waals surface area contributed by atoms with E-state index in [4.69, 9.17) is 4.74 Å². The van der Waals surface area contributed by atoms with E-state index in [1.807, 2.05) is 18.2 Å². The smallest absolute Gasteiger partial charge is 0.331 e. The minimum atomic E-state index is -0.949. The maximum atomic E-state index is 13.1. The van der Waals surface area contributed by atoms with Crippen molar-refractivity contribution >= 4 is 11.9 Å². The van der Waals surface area contributed by atoms with Crippen LogP contribution in [0.4, 0.5) is 0 Å². The van der Waals surface area contributed by atoms with Crippen LogP contribution in [-0.2, 0) is 20.7 Å². The topological polar surface area (TPSA) is 104 Å². The van der Waals surface area contributed by atoms with Crippen molar-refractivity contribution < 1.29 is 29.6 Å². The molecule has 6 heteroatoms. The van der Waals surface area contributed by atoms with Gasteiger partial charge in [-0.15, -0.1) is 0 Å². The van der Waals surface area contributed by atoms with E-state index >= 15 is 0 Å². The van der Waals surface area contributed by atoms with E-state index in [0.717, 1.165) is 44.1 Å². The Balaban J connectivity index is 1.51. The van der Waals surface area contributed by atoms with E-state index in [1.54, 1.807) is 0 Å². The Kier molecular flexibility index (Phi) is 9.52. The van der Waals surface area contributed by atoms with Gasteiger partial charge in [0.05, 0.1) is 12.2 Å². The normalized spacial score (nSPS) is 40.1. The lowest BCUT2D eigenvalue weighted by Crippen LogP contribution is -2.65. The highest BCUT2D eigenvalue weighted by atomic mass is 16.5. The van der Waals surface area contributed by atoms with E-state index in [2.05, 4.69) is 53.7 Å². The minimum Gasteiger partial charge on any atom is -0.478 e. The van der Waals surface area contributed by atoms with Gasteiger partial charge in [0.25, 0.3) is 0 Å². The first kappa shape index (κ1) is 33.9. The first-order chi connectivity index (χ1) is 21.1. The quantitative estimate of drug-likeness (QED) is 0.157. The molecule has 4 aliphatic carbocycles. The Bertz CT molecular complexity index is 1340. The summed E-state index contributed by atoms with van der Waals surface area (Å²) < 4.78 is 6.01. The zero-order valence-electron chi connectivity index (χ0n) is 28.6. The summed E-state index contributed by atoms with van der Waals surface area (Å²) in [5.41, 5.74) is 4.10. The Morgan fingerprint density at radius 2 is 1.60 bits per heavy atom. The number of hydrogen-bond donors (Lipinski definition) is 3. The van der Waals surface area contributed by atoms with Crippen LogP contribution in [0.25, 0.3) is 0 Å². The van der Waals surface area contributed by atoms with Crippen molar-refractivity contribution in [3.63, 3.8) is 0 Å². The van der Waals surface area contributed by atoms with Gasteiger partial charge >= 0.3 is 11.9 Å². The summed E-state index contributed by atoms with van der Waals surface area (Å²) in [6.45, 7) is 14.7. The monoisotopic (exact) mass is 620 g/mol. The number of esters is 1. The molecule has 0 aromatic heterocycles. The highest BCUT2D eigenvalue weighted by Crippen LogP contribution is 2.74. The van der Waals surface area contributed by atoms with Crippen molar-refractivity contribution in [1.82, 2.24) is 0 Å². The number of carbonyl (C=O) groups excluding carboxylic acids is 1. The number of ether oxygens (including phenoxy) is 1. The first-order valence-electron chi connectivity index (χ1n) is 17.3. The third-order valence-corrected chi connectivity index (χ3v) is 13.6. The number of aryl methyl sites for hydroxylation is 1. The maximum Gasteiger partial charge on any atom is 0.331 e. The molecule has 4 saturated carbocycles. The van der Waals surface area contributed by atoms with Crippen LogP contribution in [0, 0.1) is 39.9 Å². The molecule has 0 saturated heterocycles. The van der Waals surface area contributed by atoms with E-state index in [9.17, 15) is 24.9 Å². The van der Waals surface area contributed by atoms with Crippen molar-refractivity contribution in [3.8, 4) is 0 Å². The SMILES string of the molecule is CC(=O)O[C@H]1C[C@@]2(C)[C@H](C[C@@H](O)[C@@H]3[C@@]4(C)CC[C@@H](O)[C@@H](C)C4CC[C@@]32C)C1=C(CCC(CCc1ccccc1)=C(C)C)C(=O)O. The molecule has 0 radical (unpaired) electrons. The van der Waals surface area contributed by atoms with Gasteiger partial charge in [0, 0.05) is 12.5 Å². The van der Waals surface area contributed by atoms with Crippen LogP contribution >= 0.6 is 0 Å². The third kappa shape index (κ3) is 5.84. The number of fused-ring (bicyclic) bond motifs is 5.